The first kappa shape index (κ1) is 10.0. The molecule has 1 aliphatic heterocycles. The van der Waals surface area contributed by atoms with E-state index in [1.807, 2.05) is 0 Å². The van der Waals surface area contributed by atoms with Crippen LogP contribution in [0.25, 0.3) is 6.08 Å². The quantitative estimate of drug-likeness (QED) is 0.703. The van der Waals surface area contributed by atoms with Gasteiger partial charge in [-0.15, -0.1) is 0 Å². The highest BCUT2D eigenvalue weighted by Crippen LogP contribution is 2.25. The van der Waals surface area contributed by atoms with E-state index in [4.69, 9.17) is 0 Å². The summed E-state index contributed by atoms with van der Waals surface area (Å²) in [6.45, 7) is 5.38. The van der Waals surface area contributed by atoms with Gasteiger partial charge in [-0.1, -0.05) is 25.1 Å². The fraction of sp³-hybridized carbons (Fsp3) is 0.286. The molecule has 78 valence electrons. The van der Waals surface area contributed by atoms with Crippen LogP contribution in [-0.4, -0.2) is 6.54 Å². The predicted molar refractivity (Wildman–Crippen MR) is 67.0 cm³/mol. The Kier molecular flexibility index (Phi) is 2.91. The monoisotopic (exact) mass is 199 g/mol. The van der Waals surface area contributed by atoms with Crippen molar-refractivity contribution in [3.8, 4) is 0 Å². The Morgan fingerprint density at radius 3 is 2.73 bits per heavy atom. The molecule has 15 heavy (non-hydrogen) atoms. The fourth-order valence-electron chi connectivity index (χ4n) is 1.89. The molecule has 0 radical (unpaired) electrons. The van der Waals surface area contributed by atoms with Gasteiger partial charge in [0.25, 0.3) is 0 Å². The van der Waals surface area contributed by atoms with E-state index in [2.05, 4.69) is 61.4 Å². The molecule has 0 aliphatic carbocycles. The maximum atomic E-state index is 2.28. The van der Waals surface area contributed by atoms with Crippen LogP contribution in [0.5, 0.6) is 0 Å². The molecular weight excluding hydrogens is 182 g/mol. The summed E-state index contributed by atoms with van der Waals surface area (Å²) in [6, 6.07) is 6.72. The van der Waals surface area contributed by atoms with Crippen molar-refractivity contribution in [1.82, 2.24) is 0 Å². The van der Waals surface area contributed by atoms with E-state index in [0.29, 0.717) is 0 Å². The molecule has 0 saturated heterocycles. The van der Waals surface area contributed by atoms with Crippen LogP contribution in [0.3, 0.4) is 0 Å². The molecular formula is C14H17N. The molecule has 0 amide bonds. The largest absolute Gasteiger partial charge is 0.348 e. The van der Waals surface area contributed by atoms with Gasteiger partial charge in [-0.2, -0.15) is 0 Å². The number of rotatable bonds is 2. The first-order chi connectivity index (χ1) is 7.35. The number of benzene rings is 1. The molecule has 1 nitrogen and oxygen atoms in total. The number of fused-ring (bicyclic) bond motifs is 1. The summed E-state index contributed by atoms with van der Waals surface area (Å²) in [7, 11) is 0. The molecule has 0 unspecified atom stereocenters. The van der Waals surface area contributed by atoms with Gasteiger partial charge >= 0.3 is 0 Å². The molecule has 2 rings (SSSR count). The Morgan fingerprint density at radius 2 is 2.00 bits per heavy atom. The standard InChI is InChI=1S/C14H17N/c1-3-12-8-9-14-13(11-12)7-5-6-10-15(14)4-2/h5-11H,3-4H2,1-2H3. The average molecular weight is 199 g/mol. The Labute approximate surface area is 91.7 Å². The van der Waals surface area contributed by atoms with E-state index in [1.165, 1.54) is 16.8 Å². The lowest BCUT2D eigenvalue weighted by Gasteiger charge is -2.20. The highest BCUT2D eigenvalue weighted by molar-refractivity contribution is 5.71. The van der Waals surface area contributed by atoms with E-state index in [1.54, 1.807) is 0 Å². The predicted octanol–water partition coefficient (Wildman–Crippen LogP) is 3.62. The third-order valence-corrected chi connectivity index (χ3v) is 2.80. The minimum Gasteiger partial charge on any atom is -0.348 e. The average Bonchev–Trinajstić information content (AvgIpc) is 2.49. The highest BCUT2D eigenvalue weighted by atomic mass is 15.1. The zero-order valence-electron chi connectivity index (χ0n) is 9.40. The van der Waals surface area contributed by atoms with Gasteiger partial charge in [0.05, 0.1) is 0 Å². The maximum Gasteiger partial charge on any atom is 0.0479 e. The number of nitrogens with zero attached hydrogens (tertiary/aromatic N) is 1. The Morgan fingerprint density at radius 1 is 1.13 bits per heavy atom. The molecule has 0 atom stereocenters. The minimum absolute atomic E-state index is 1.01. The van der Waals surface area contributed by atoms with Crippen molar-refractivity contribution >= 4 is 11.8 Å². The van der Waals surface area contributed by atoms with Crippen LogP contribution in [0.1, 0.15) is 25.0 Å². The van der Waals surface area contributed by atoms with Crippen molar-refractivity contribution in [2.24, 2.45) is 0 Å². The second kappa shape index (κ2) is 4.35. The van der Waals surface area contributed by atoms with Gasteiger partial charge in [0, 0.05) is 18.4 Å². The van der Waals surface area contributed by atoms with Crippen molar-refractivity contribution < 1.29 is 0 Å². The summed E-state index contributed by atoms with van der Waals surface area (Å²) in [5.74, 6) is 0. The molecule has 0 saturated carbocycles. The van der Waals surface area contributed by atoms with E-state index in [-0.39, 0.29) is 0 Å². The molecule has 0 bridgehead atoms. The zero-order chi connectivity index (χ0) is 10.7. The van der Waals surface area contributed by atoms with Crippen molar-refractivity contribution in [2.45, 2.75) is 20.3 Å². The molecule has 0 fully saturated rings. The van der Waals surface area contributed by atoms with E-state index in [9.17, 15) is 0 Å². The number of hydrogen-bond donors (Lipinski definition) is 0. The van der Waals surface area contributed by atoms with Crippen LogP contribution < -0.4 is 4.90 Å². The molecule has 0 N–H and O–H groups in total. The van der Waals surface area contributed by atoms with Crippen molar-refractivity contribution in [2.75, 3.05) is 11.4 Å². The van der Waals surface area contributed by atoms with Gasteiger partial charge < -0.3 is 4.90 Å². The summed E-state index contributed by atoms with van der Waals surface area (Å²) in [4.78, 5) is 2.27. The topological polar surface area (TPSA) is 3.24 Å². The van der Waals surface area contributed by atoms with Crippen molar-refractivity contribution in [3.63, 3.8) is 0 Å². The smallest absolute Gasteiger partial charge is 0.0479 e. The Balaban J connectivity index is 2.47. The van der Waals surface area contributed by atoms with E-state index < -0.39 is 0 Å². The normalized spacial score (nSPS) is 13.9. The number of hydrogen-bond acceptors (Lipinski definition) is 1. The zero-order valence-corrected chi connectivity index (χ0v) is 9.40. The van der Waals surface area contributed by atoms with Gasteiger partial charge in [-0.3, -0.25) is 0 Å². The van der Waals surface area contributed by atoms with Gasteiger partial charge in [-0.05, 0) is 42.7 Å². The summed E-state index contributed by atoms with van der Waals surface area (Å²) in [6.07, 6.45) is 9.61. The lowest BCUT2D eigenvalue weighted by atomic mass is 10.1. The SMILES string of the molecule is CCc1ccc2c(c1)C=CC=CN2CC. The van der Waals surface area contributed by atoms with Crippen molar-refractivity contribution in [3.05, 3.63) is 47.7 Å². The molecule has 0 spiro atoms. The van der Waals surface area contributed by atoms with Crippen LogP contribution in [0.2, 0.25) is 0 Å². The lowest BCUT2D eigenvalue weighted by molar-refractivity contribution is 1.01. The third kappa shape index (κ3) is 1.96. The minimum atomic E-state index is 1.01. The van der Waals surface area contributed by atoms with Crippen molar-refractivity contribution in [1.29, 1.82) is 0 Å². The van der Waals surface area contributed by atoms with Gasteiger partial charge in [-0.25, -0.2) is 0 Å². The summed E-state index contributed by atoms with van der Waals surface area (Å²) in [5, 5.41) is 0. The highest BCUT2D eigenvalue weighted by Gasteiger charge is 2.07. The van der Waals surface area contributed by atoms with Crippen LogP contribution in [-0.2, 0) is 6.42 Å². The molecule has 1 aromatic rings. The molecule has 1 aromatic carbocycles. The molecule has 0 aromatic heterocycles. The van der Waals surface area contributed by atoms with Gasteiger partial charge in [0.1, 0.15) is 0 Å². The maximum absolute atomic E-state index is 2.28. The van der Waals surface area contributed by atoms with Crippen LogP contribution in [0.15, 0.2) is 36.6 Å². The first-order valence-electron chi connectivity index (χ1n) is 5.59. The third-order valence-electron chi connectivity index (χ3n) is 2.80. The summed E-state index contributed by atoms with van der Waals surface area (Å²) in [5.41, 5.74) is 4.03. The molecule has 1 heteroatoms. The molecule has 1 aliphatic rings. The second-order valence-electron chi connectivity index (χ2n) is 3.73. The molecule has 1 heterocycles. The van der Waals surface area contributed by atoms with Crippen LogP contribution in [0.4, 0.5) is 5.69 Å². The van der Waals surface area contributed by atoms with Crippen LogP contribution in [0, 0.1) is 0 Å². The van der Waals surface area contributed by atoms with E-state index >= 15 is 0 Å². The number of aryl methyl sites for hydroxylation is 1. The fourth-order valence-corrected chi connectivity index (χ4v) is 1.89. The second-order valence-corrected chi connectivity index (χ2v) is 3.73. The number of anilines is 1. The first-order valence-corrected chi connectivity index (χ1v) is 5.59. The summed E-state index contributed by atoms with van der Waals surface area (Å²) >= 11 is 0. The van der Waals surface area contributed by atoms with Gasteiger partial charge in [0.2, 0.25) is 0 Å². The Bertz CT molecular complexity index is 402. The number of allylic oxidation sites excluding steroid dienone is 2. The summed E-state index contributed by atoms with van der Waals surface area (Å²) < 4.78 is 0. The Hall–Kier alpha value is -1.50. The van der Waals surface area contributed by atoms with E-state index in [0.717, 1.165) is 13.0 Å². The van der Waals surface area contributed by atoms with Gasteiger partial charge in [0.15, 0.2) is 0 Å². The van der Waals surface area contributed by atoms with Crippen LogP contribution >= 0.6 is 0 Å². The lowest BCUT2D eigenvalue weighted by Crippen LogP contribution is -2.15.